The average Bonchev–Trinajstić information content (AvgIpc) is 2.38. The van der Waals surface area contributed by atoms with Crippen LogP contribution in [0, 0.1) is 0 Å². The van der Waals surface area contributed by atoms with Crippen molar-refractivity contribution in [1.82, 2.24) is 0 Å². The fourth-order valence-electron chi connectivity index (χ4n) is 0.759. The highest BCUT2D eigenvalue weighted by Crippen LogP contribution is 2.23. The highest BCUT2D eigenvalue weighted by atomic mass is 16.4. The second-order valence-corrected chi connectivity index (χ2v) is 2.60. The molecule has 56 valence electrons. The first-order valence-corrected chi connectivity index (χ1v) is 3.43. The highest BCUT2D eigenvalue weighted by molar-refractivity contribution is 5.06. The minimum absolute atomic E-state index is 0.634. The molecule has 0 radical (unpaired) electrons. The van der Waals surface area contributed by atoms with Crippen molar-refractivity contribution in [3.8, 4) is 0 Å². The summed E-state index contributed by atoms with van der Waals surface area (Å²) in [5.41, 5.74) is -0.802. The van der Waals surface area contributed by atoms with E-state index < -0.39 is 5.60 Å². The van der Waals surface area contributed by atoms with Gasteiger partial charge in [0.05, 0.1) is 6.26 Å². The number of hydrogen-bond donors (Lipinski definition) is 1. The molecule has 0 aromatic carbocycles. The van der Waals surface area contributed by atoms with Crippen LogP contribution in [0.3, 0.4) is 0 Å². The van der Waals surface area contributed by atoms with Crippen molar-refractivity contribution >= 4 is 0 Å². The topological polar surface area (TPSA) is 33.4 Å². The zero-order valence-corrected chi connectivity index (χ0v) is 6.29. The van der Waals surface area contributed by atoms with Gasteiger partial charge in [-0.15, -0.1) is 0 Å². The molecule has 1 heterocycles. The van der Waals surface area contributed by atoms with E-state index in [1.807, 2.05) is 6.92 Å². The molecule has 1 aromatic heterocycles. The van der Waals surface area contributed by atoms with Crippen LogP contribution in [0.2, 0.25) is 0 Å². The third-order valence-electron chi connectivity index (χ3n) is 1.74. The molecule has 1 atom stereocenters. The highest BCUT2D eigenvalue weighted by Gasteiger charge is 2.22. The van der Waals surface area contributed by atoms with Crippen LogP contribution in [0.15, 0.2) is 22.8 Å². The Morgan fingerprint density at radius 2 is 2.40 bits per heavy atom. The molecule has 2 heteroatoms. The molecule has 1 rings (SSSR count). The standard InChI is InChI=1S/C8H12O2/c1-3-8(2,9)7-5-4-6-10-7/h4-6,9H,3H2,1-2H3/t8-/m1/s1. The van der Waals surface area contributed by atoms with Crippen LogP contribution < -0.4 is 0 Å². The SMILES string of the molecule is CC[C@@](C)(O)c1ccco1. The summed E-state index contributed by atoms with van der Waals surface area (Å²) in [6, 6.07) is 3.56. The van der Waals surface area contributed by atoms with Crippen LogP contribution in [0.5, 0.6) is 0 Å². The van der Waals surface area contributed by atoms with Crippen molar-refractivity contribution in [1.29, 1.82) is 0 Å². The van der Waals surface area contributed by atoms with Gasteiger partial charge in [0.2, 0.25) is 0 Å². The van der Waals surface area contributed by atoms with Gasteiger partial charge in [-0.25, -0.2) is 0 Å². The van der Waals surface area contributed by atoms with E-state index in [2.05, 4.69) is 0 Å². The van der Waals surface area contributed by atoms with Gasteiger partial charge in [0.25, 0.3) is 0 Å². The lowest BCUT2D eigenvalue weighted by Gasteiger charge is -2.17. The summed E-state index contributed by atoms with van der Waals surface area (Å²) in [5.74, 6) is 0.634. The molecule has 0 aliphatic carbocycles. The molecule has 0 amide bonds. The maximum atomic E-state index is 9.59. The third kappa shape index (κ3) is 1.21. The normalized spacial score (nSPS) is 16.7. The van der Waals surface area contributed by atoms with E-state index in [9.17, 15) is 5.11 Å². The van der Waals surface area contributed by atoms with E-state index in [1.54, 1.807) is 25.3 Å². The van der Waals surface area contributed by atoms with Crippen molar-refractivity contribution < 1.29 is 9.52 Å². The lowest BCUT2D eigenvalue weighted by atomic mass is 10.0. The molecule has 1 N–H and O–H groups in total. The Morgan fingerprint density at radius 3 is 2.80 bits per heavy atom. The number of aliphatic hydroxyl groups is 1. The van der Waals surface area contributed by atoms with Crippen LogP contribution >= 0.6 is 0 Å². The van der Waals surface area contributed by atoms with Gasteiger partial charge in [-0.3, -0.25) is 0 Å². The third-order valence-corrected chi connectivity index (χ3v) is 1.74. The number of hydrogen-bond acceptors (Lipinski definition) is 2. The summed E-state index contributed by atoms with van der Waals surface area (Å²) < 4.78 is 5.04. The molecular formula is C8H12O2. The van der Waals surface area contributed by atoms with Gasteiger partial charge < -0.3 is 9.52 Å². The van der Waals surface area contributed by atoms with E-state index >= 15 is 0 Å². The largest absolute Gasteiger partial charge is 0.466 e. The monoisotopic (exact) mass is 140 g/mol. The van der Waals surface area contributed by atoms with Crippen LogP contribution in [-0.4, -0.2) is 5.11 Å². The summed E-state index contributed by atoms with van der Waals surface area (Å²) >= 11 is 0. The molecule has 0 unspecified atom stereocenters. The van der Waals surface area contributed by atoms with E-state index in [0.717, 1.165) is 0 Å². The quantitative estimate of drug-likeness (QED) is 0.680. The molecule has 0 spiro atoms. The van der Waals surface area contributed by atoms with Gasteiger partial charge in [0, 0.05) is 0 Å². The van der Waals surface area contributed by atoms with Crippen molar-refractivity contribution in [3.63, 3.8) is 0 Å². The maximum absolute atomic E-state index is 9.59. The first-order valence-electron chi connectivity index (χ1n) is 3.43. The second kappa shape index (κ2) is 2.46. The lowest BCUT2D eigenvalue weighted by molar-refractivity contribution is 0.0302. The first kappa shape index (κ1) is 7.35. The smallest absolute Gasteiger partial charge is 0.135 e. The number of rotatable bonds is 2. The Hall–Kier alpha value is -0.760. The molecule has 0 fully saturated rings. The second-order valence-electron chi connectivity index (χ2n) is 2.60. The fourth-order valence-corrected chi connectivity index (χ4v) is 0.759. The molecule has 1 aromatic rings. The molecule has 2 nitrogen and oxygen atoms in total. The van der Waals surface area contributed by atoms with E-state index in [0.29, 0.717) is 12.2 Å². The van der Waals surface area contributed by atoms with Gasteiger partial charge in [-0.05, 0) is 25.5 Å². The van der Waals surface area contributed by atoms with Gasteiger partial charge in [-0.1, -0.05) is 6.92 Å². The minimum Gasteiger partial charge on any atom is -0.466 e. The summed E-state index contributed by atoms with van der Waals surface area (Å²) in [4.78, 5) is 0. The van der Waals surface area contributed by atoms with E-state index in [4.69, 9.17) is 4.42 Å². The Labute approximate surface area is 60.5 Å². The van der Waals surface area contributed by atoms with E-state index in [-0.39, 0.29) is 0 Å². The Bertz CT molecular complexity index is 187. The predicted octanol–water partition coefficient (Wildman–Crippen LogP) is 1.90. The van der Waals surface area contributed by atoms with Gasteiger partial charge in [0.15, 0.2) is 0 Å². The summed E-state index contributed by atoms with van der Waals surface area (Å²) in [6.45, 7) is 3.66. The van der Waals surface area contributed by atoms with E-state index in [1.165, 1.54) is 0 Å². The maximum Gasteiger partial charge on any atom is 0.135 e. The van der Waals surface area contributed by atoms with Crippen molar-refractivity contribution in [2.75, 3.05) is 0 Å². The van der Waals surface area contributed by atoms with Crippen LogP contribution in [0.4, 0.5) is 0 Å². The first-order chi connectivity index (χ1) is 4.67. The average molecular weight is 140 g/mol. The lowest BCUT2D eigenvalue weighted by Crippen LogP contribution is -2.18. The predicted molar refractivity (Wildman–Crippen MR) is 38.6 cm³/mol. The Kier molecular flexibility index (Phi) is 1.81. The minimum atomic E-state index is -0.802. The molecule has 0 bridgehead atoms. The summed E-state index contributed by atoms with van der Waals surface area (Å²) in [6.07, 6.45) is 2.24. The Balaban J connectivity index is 2.85. The van der Waals surface area contributed by atoms with Crippen LogP contribution in [-0.2, 0) is 5.60 Å². The number of furan rings is 1. The van der Waals surface area contributed by atoms with Crippen LogP contribution in [0.25, 0.3) is 0 Å². The van der Waals surface area contributed by atoms with Crippen molar-refractivity contribution in [2.24, 2.45) is 0 Å². The summed E-state index contributed by atoms with van der Waals surface area (Å²) in [5, 5.41) is 9.59. The van der Waals surface area contributed by atoms with Gasteiger partial charge >= 0.3 is 0 Å². The Morgan fingerprint density at radius 1 is 1.70 bits per heavy atom. The van der Waals surface area contributed by atoms with Crippen LogP contribution in [0.1, 0.15) is 26.0 Å². The fraction of sp³-hybridized carbons (Fsp3) is 0.500. The molecule has 0 saturated carbocycles. The molecule has 0 aliphatic rings. The molecular weight excluding hydrogens is 128 g/mol. The molecule has 0 aliphatic heterocycles. The zero-order valence-electron chi connectivity index (χ0n) is 6.29. The van der Waals surface area contributed by atoms with Gasteiger partial charge in [0.1, 0.15) is 11.4 Å². The molecule has 0 saturated heterocycles. The van der Waals surface area contributed by atoms with Crippen molar-refractivity contribution in [3.05, 3.63) is 24.2 Å². The molecule has 10 heavy (non-hydrogen) atoms. The van der Waals surface area contributed by atoms with Crippen molar-refractivity contribution in [2.45, 2.75) is 25.9 Å². The summed E-state index contributed by atoms with van der Waals surface area (Å²) in [7, 11) is 0. The van der Waals surface area contributed by atoms with Gasteiger partial charge in [-0.2, -0.15) is 0 Å². The zero-order chi connectivity index (χ0) is 7.61.